The maximum atomic E-state index is 11.7. The maximum absolute atomic E-state index is 11.7. The highest BCUT2D eigenvalue weighted by atomic mass is 16.6. The fourth-order valence-corrected chi connectivity index (χ4v) is 4.47. The van der Waals surface area contributed by atoms with E-state index in [1.807, 2.05) is 6.07 Å². The molecule has 3 aromatic heterocycles. The number of rotatable bonds is 12. The van der Waals surface area contributed by atoms with Gasteiger partial charge in [0.15, 0.2) is 11.2 Å². The summed E-state index contributed by atoms with van der Waals surface area (Å²) < 4.78 is 29.8. The van der Waals surface area contributed by atoms with Crippen molar-refractivity contribution < 1.29 is 37.9 Å². The molecule has 15 nitrogen and oxygen atoms in total. The normalized spacial score (nSPS) is 18.1. The van der Waals surface area contributed by atoms with E-state index < -0.39 is 35.3 Å². The van der Waals surface area contributed by atoms with Crippen molar-refractivity contribution in [3.8, 4) is 5.88 Å². The summed E-state index contributed by atoms with van der Waals surface area (Å²) >= 11 is 0. The number of fused-ring (bicyclic) bond motifs is 1. The minimum Gasteiger partial charge on any atom is -0.476 e. The van der Waals surface area contributed by atoms with Crippen LogP contribution in [0, 0.1) is 10.1 Å². The molecule has 1 aromatic carbocycles. The molecule has 4 aromatic rings. The number of carbonyl (C=O) groups is 2. The van der Waals surface area contributed by atoms with E-state index in [4.69, 9.17) is 23.4 Å². The summed E-state index contributed by atoms with van der Waals surface area (Å²) in [6.07, 6.45) is 1.85. The van der Waals surface area contributed by atoms with Gasteiger partial charge in [0.25, 0.3) is 5.69 Å². The number of nitro benzene ring substituents is 1. The fourth-order valence-electron chi connectivity index (χ4n) is 4.47. The Morgan fingerprint density at radius 1 is 1.17 bits per heavy atom. The number of esters is 2. The van der Waals surface area contributed by atoms with Gasteiger partial charge in [-0.05, 0) is 17.7 Å². The summed E-state index contributed by atoms with van der Waals surface area (Å²) in [5.74, 6) is 0.172. The third-order valence-electron chi connectivity index (χ3n) is 6.43. The second kappa shape index (κ2) is 12.6. The highest BCUT2D eigenvalue weighted by molar-refractivity contribution is 5.78. The van der Waals surface area contributed by atoms with Gasteiger partial charge in [0.1, 0.15) is 30.8 Å². The standard InChI is InChI=1S/C27H28N6O9/c1-16(34)40-14-22-21(41-17(2)35)12-23(42-22)32-15-29-24-25(32)30-27(28-13-20-4-3-10-38-20)31-26(24)39-11-9-18-5-7-19(8-6-18)33(36)37/h3-8,10,15,21-23H,9,11-14H2,1-2H3,(H,28,30,31)/t21-,22+,23+/m0/s1. The van der Waals surface area contributed by atoms with Crippen LogP contribution < -0.4 is 10.1 Å². The number of nitro groups is 1. The maximum Gasteiger partial charge on any atom is 0.303 e. The smallest absolute Gasteiger partial charge is 0.303 e. The number of aromatic nitrogens is 4. The van der Waals surface area contributed by atoms with E-state index in [0.29, 0.717) is 29.9 Å². The zero-order valence-corrected chi connectivity index (χ0v) is 22.8. The van der Waals surface area contributed by atoms with Gasteiger partial charge < -0.3 is 28.7 Å². The number of ether oxygens (including phenoxy) is 4. The van der Waals surface area contributed by atoms with Crippen LogP contribution in [0.3, 0.4) is 0 Å². The summed E-state index contributed by atoms with van der Waals surface area (Å²) in [6.45, 7) is 3.03. The van der Waals surface area contributed by atoms with Crippen LogP contribution in [0.2, 0.25) is 0 Å². The molecule has 0 aliphatic carbocycles. The average Bonchev–Trinajstić information content (AvgIpc) is 3.71. The Labute approximate surface area is 238 Å². The quantitative estimate of drug-likeness (QED) is 0.146. The van der Waals surface area contributed by atoms with Crippen molar-refractivity contribution in [1.29, 1.82) is 0 Å². The zero-order chi connectivity index (χ0) is 29.6. The Balaban J connectivity index is 1.39. The highest BCUT2D eigenvalue weighted by Gasteiger charge is 2.40. The lowest BCUT2D eigenvalue weighted by Gasteiger charge is -2.17. The number of benzene rings is 1. The molecular formula is C27H28N6O9. The van der Waals surface area contributed by atoms with Gasteiger partial charge in [0.2, 0.25) is 11.8 Å². The number of nitrogens with one attached hydrogen (secondary N) is 1. The van der Waals surface area contributed by atoms with Gasteiger partial charge in [-0.15, -0.1) is 0 Å². The minimum absolute atomic E-state index is 0.00941. The molecular weight excluding hydrogens is 552 g/mol. The van der Waals surface area contributed by atoms with Gasteiger partial charge in [-0.3, -0.25) is 24.3 Å². The molecule has 15 heteroatoms. The van der Waals surface area contributed by atoms with Gasteiger partial charge in [0, 0.05) is 38.8 Å². The van der Waals surface area contributed by atoms with Crippen LogP contribution in [0.4, 0.5) is 11.6 Å². The van der Waals surface area contributed by atoms with Crippen molar-refractivity contribution in [2.75, 3.05) is 18.5 Å². The van der Waals surface area contributed by atoms with Crippen LogP contribution in [0.1, 0.15) is 37.8 Å². The molecule has 42 heavy (non-hydrogen) atoms. The number of imidazole rings is 1. The number of carbonyl (C=O) groups excluding carboxylic acids is 2. The number of anilines is 1. The first-order chi connectivity index (χ1) is 20.3. The molecule has 0 spiro atoms. The first-order valence-corrected chi connectivity index (χ1v) is 13.1. The van der Waals surface area contributed by atoms with Crippen LogP contribution >= 0.6 is 0 Å². The van der Waals surface area contributed by atoms with Crippen LogP contribution in [-0.2, 0) is 36.8 Å². The minimum atomic E-state index is -0.684. The van der Waals surface area contributed by atoms with Crippen LogP contribution in [0.15, 0.2) is 53.4 Å². The summed E-state index contributed by atoms with van der Waals surface area (Å²) in [6, 6.07) is 9.80. The molecule has 1 aliphatic rings. The van der Waals surface area contributed by atoms with Gasteiger partial charge in [0.05, 0.1) is 30.7 Å². The molecule has 1 aliphatic heterocycles. The molecule has 0 saturated carbocycles. The van der Waals surface area contributed by atoms with Gasteiger partial charge in [-0.25, -0.2) is 4.98 Å². The summed E-state index contributed by atoms with van der Waals surface area (Å²) in [7, 11) is 0. The lowest BCUT2D eigenvalue weighted by atomic mass is 10.1. The van der Waals surface area contributed by atoms with E-state index in [1.54, 1.807) is 29.0 Å². The molecule has 220 valence electrons. The number of nitrogens with zero attached hydrogens (tertiary/aromatic N) is 5. The Morgan fingerprint density at radius 2 is 1.98 bits per heavy atom. The fraction of sp³-hybridized carbons (Fsp3) is 0.370. The van der Waals surface area contributed by atoms with Gasteiger partial charge in [-0.1, -0.05) is 12.1 Å². The highest BCUT2D eigenvalue weighted by Crippen LogP contribution is 2.34. The van der Waals surface area contributed by atoms with Crippen LogP contribution in [-0.4, -0.2) is 61.8 Å². The van der Waals surface area contributed by atoms with E-state index in [0.717, 1.165) is 5.56 Å². The van der Waals surface area contributed by atoms with E-state index in [1.165, 1.54) is 32.3 Å². The number of hydrogen-bond acceptors (Lipinski definition) is 13. The van der Waals surface area contributed by atoms with E-state index in [9.17, 15) is 19.7 Å². The molecule has 3 atom stereocenters. The summed E-state index contributed by atoms with van der Waals surface area (Å²) in [5, 5.41) is 14.1. The predicted molar refractivity (Wildman–Crippen MR) is 144 cm³/mol. The Morgan fingerprint density at radius 3 is 2.67 bits per heavy atom. The van der Waals surface area contributed by atoms with E-state index in [2.05, 4.69) is 20.3 Å². The molecule has 1 saturated heterocycles. The predicted octanol–water partition coefficient (Wildman–Crippen LogP) is 3.34. The van der Waals surface area contributed by atoms with Crippen molar-refractivity contribution in [3.05, 3.63) is 70.4 Å². The molecule has 4 heterocycles. The number of furan rings is 1. The van der Waals surface area contributed by atoms with Crippen molar-refractivity contribution in [2.45, 2.75) is 51.7 Å². The molecule has 0 amide bonds. The molecule has 0 bridgehead atoms. The van der Waals surface area contributed by atoms with Crippen molar-refractivity contribution >= 4 is 34.7 Å². The monoisotopic (exact) mass is 580 g/mol. The second-order valence-corrected chi connectivity index (χ2v) is 9.45. The topological polar surface area (TPSA) is 183 Å². The molecule has 0 radical (unpaired) electrons. The van der Waals surface area contributed by atoms with Crippen molar-refractivity contribution in [1.82, 2.24) is 19.5 Å². The third-order valence-corrected chi connectivity index (χ3v) is 6.43. The number of hydrogen-bond donors (Lipinski definition) is 1. The van der Waals surface area contributed by atoms with E-state index >= 15 is 0 Å². The van der Waals surface area contributed by atoms with Crippen molar-refractivity contribution in [2.24, 2.45) is 0 Å². The summed E-state index contributed by atoms with van der Waals surface area (Å²) in [5.41, 5.74) is 1.63. The lowest BCUT2D eigenvalue weighted by molar-refractivity contribution is -0.384. The second-order valence-electron chi connectivity index (χ2n) is 9.45. The summed E-state index contributed by atoms with van der Waals surface area (Å²) in [4.78, 5) is 47.2. The molecule has 5 rings (SSSR count). The van der Waals surface area contributed by atoms with Crippen molar-refractivity contribution in [3.63, 3.8) is 0 Å². The Hall–Kier alpha value is -5.05. The lowest BCUT2D eigenvalue weighted by Crippen LogP contribution is -2.31. The molecule has 0 unspecified atom stereocenters. The Bertz CT molecular complexity index is 1550. The van der Waals surface area contributed by atoms with Gasteiger partial charge in [-0.2, -0.15) is 9.97 Å². The van der Waals surface area contributed by atoms with Gasteiger partial charge >= 0.3 is 11.9 Å². The number of non-ortho nitro benzene ring substituents is 1. The van der Waals surface area contributed by atoms with Crippen LogP contribution in [0.5, 0.6) is 5.88 Å². The third kappa shape index (κ3) is 6.80. The Kier molecular flexibility index (Phi) is 8.57. The molecule has 1 N–H and O–H groups in total. The first kappa shape index (κ1) is 28.5. The zero-order valence-electron chi connectivity index (χ0n) is 22.8. The average molecular weight is 581 g/mol. The molecule has 1 fully saturated rings. The van der Waals surface area contributed by atoms with Crippen LogP contribution in [0.25, 0.3) is 11.2 Å². The first-order valence-electron chi connectivity index (χ1n) is 13.1. The van der Waals surface area contributed by atoms with E-state index in [-0.39, 0.29) is 37.2 Å². The largest absolute Gasteiger partial charge is 0.476 e. The SMILES string of the molecule is CC(=O)OC[C@H]1O[C@@H](n2cnc3c(OCCc4ccc([N+](=O)[O-])cc4)nc(NCc4ccco4)nc32)C[C@@H]1OC(C)=O.